The number of benzene rings is 2. The van der Waals surface area contributed by atoms with E-state index in [0.717, 1.165) is 18.4 Å². The molecule has 6 nitrogen and oxygen atoms in total. The van der Waals surface area contributed by atoms with E-state index in [-0.39, 0.29) is 29.9 Å². The number of ketones is 1. The van der Waals surface area contributed by atoms with E-state index < -0.39 is 0 Å². The third kappa shape index (κ3) is 4.08. The highest BCUT2D eigenvalue weighted by Crippen LogP contribution is 2.22. The van der Waals surface area contributed by atoms with Crippen molar-refractivity contribution in [3.8, 4) is 5.75 Å². The molecule has 134 valence electrons. The van der Waals surface area contributed by atoms with E-state index in [1.807, 2.05) is 0 Å². The highest BCUT2D eigenvalue weighted by Gasteiger charge is 2.18. The first-order valence-electron chi connectivity index (χ1n) is 8.56. The summed E-state index contributed by atoms with van der Waals surface area (Å²) in [5.74, 6) is -0.271. The normalized spacial score (nSPS) is 13.0. The van der Waals surface area contributed by atoms with Crippen molar-refractivity contribution in [1.29, 1.82) is 0 Å². The third-order valence-corrected chi connectivity index (χ3v) is 4.34. The van der Waals surface area contributed by atoms with E-state index in [1.54, 1.807) is 18.2 Å². The lowest BCUT2D eigenvalue weighted by Crippen LogP contribution is -2.34. The summed E-state index contributed by atoms with van der Waals surface area (Å²) in [5.41, 5.74) is 2.60. The van der Waals surface area contributed by atoms with Crippen LogP contribution in [0.4, 0.5) is 0 Å². The van der Waals surface area contributed by atoms with Crippen LogP contribution in [0.2, 0.25) is 0 Å². The number of phenolic OH excluding ortho intramolecular Hbond substituents is 1. The first-order valence-corrected chi connectivity index (χ1v) is 8.56. The maximum atomic E-state index is 12.2. The van der Waals surface area contributed by atoms with Crippen LogP contribution in [0.25, 0.3) is 0 Å². The van der Waals surface area contributed by atoms with Crippen LogP contribution in [0, 0.1) is 0 Å². The van der Waals surface area contributed by atoms with Gasteiger partial charge in [0.15, 0.2) is 5.78 Å². The number of nitrogens with one attached hydrogen (secondary N) is 2. The first kappa shape index (κ1) is 17.7. The van der Waals surface area contributed by atoms with Crippen molar-refractivity contribution in [3.05, 3.63) is 64.7 Å². The van der Waals surface area contributed by atoms with Crippen LogP contribution in [0.3, 0.4) is 0 Å². The molecule has 0 bridgehead atoms. The quantitative estimate of drug-likeness (QED) is 0.718. The fraction of sp³-hybridized carbons (Fsp3) is 0.250. The largest absolute Gasteiger partial charge is 0.508 e. The topological polar surface area (TPSA) is 95.5 Å². The van der Waals surface area contributed by atoms with E-state index in [1.165, 1.54) is 24.3 Å². The number of Topliss-reactive ketones (excluding diaryl/α,β-unsaturated/α-hetero) is 1. The number of fused-ring (bicyclic) bond motifs is 1. The van der Waals surface area contributed by atoms with Crippen LogP contribution >= 0.6 is 0 Å². The molecule has 0 atom stereocenters. The summed E-state index contributed by atoms with van der Waals surface area (Å²) in [6, 6.07) is 11.1. The second-order valence-electron chi connectivity index (χ2n) is 6.21. The minimum absolute atomic E-state index is 0.0977. The number of phenols is 1. The average molecular weight is 352 g/mol. The van der Waals surface area contributed by atoms with Crippen molar-refractivity contribution >= 4 is 17.6 Å². The minimum Gasteiger partial charge on any atom is -0.508 e. The Morgan fingerprint density at radius 2 is 1.50 bits per heavy atom. The van der Waals surface area contributed by atoms with Gasteiger partial charge in [0.1, 0.15) is 5.75 Å². The van der Waals surface area contributed by atoms with E-state index >= 15 is 0 Å². The molecule has 1 aliphatic rings. The van der Waals surface area contributed by atoms with Gasteiger partial charge < -0.3 is 15.7 Å². The second kappa shape index (κ2) is 7.82. The molecule has 6 heteroatoms. The van der Waals surface area contributed by atoms with Crippen LogP contribution in [0.5, 0.6) is 5.75 Å². The summed E-state index contributed by atoms with van der Waals surface area (Å²) in [5, 5.41) is 14.7. The molecular formula is C20H20N2O4. The number of carbonyl (C=O) groups excluding carboxylic acids is 3. The van der Waals surface area contributed by atoms with Gasteiger partial charge in [-0.15, -0.1) is 0 Å². The lowest BCUT2D eigenvalue weighted by atomic mass is 9.89. The number of aromatic hydroxyl groups is 1. The van der Waals surface area contributed by atoms with Gasteiger partial charge in [-0.25, -0.2) is 0 Å². The van der Waals surface area contributed by atoms with Gasteiger partial charge in [0.05, 0.1) is 0 Å². The Bertz CT molecular complexity index is 843. The summed E-state index contributed by atoms with van der Waals surface area (Å²) in [7, 11) is 0. The number of hydrogen-bond donors (Lipinski definition) is 3. The van der Waals surface area contributed by atoms with Gasteiger partial charge in [0.25, 0.3) is 11.8 Å². The third-order valence-electron chi connectivity index (χ3n) is 4.34. The fourth-order valence-electron chi connectivity index (χ4n) is 2.96. The maximum Gasteiger partial charge on any atom is 0.251 e. The van der Waals surface area contributed by atoms with Crippen LogP contribution in [-0.2, 0) is 6.42 Å². The molecule has 3 N–H and O–H groups in total. The summed E-state index contributed by atoms with van der Waals surface area (Å²) in [6.45, 7) is 0.577. The van der Waals surface area contributed by atoms with Crippen LogP contribution in [0.1, 0.15) is 49.5 Å². The molecular weight excluding hydrogens is 332 g/mol. The van der Waals surface area contributed by atoms with Crippen molar-refractivity contribution in [2.75, 3.05) is 13.1 Å². The molecule has 2 aromatic rings. The summed E-state index contributed by atoms with van der Waals surface area (Å²) >= 11 is 0. The molecule has 3 rings (SSSR count). The Morgan fingerprint density at radius 3 is 2.19 bits per heavy atom. The smallest absolute Gasteiger partial charge is 0.251 e. The lowest BCUT2D eigenvalue weighted by molar-refractivity contribution is 0.0927. The molecule has 0 saturated heterocycles. The highest BCUT2D eigenvalue weighted by atomic mass is 16.3. The van der Waals surface area contributed by atoms with Crippen molar-refractivity contribution < 1.29 is 19.5 Å². The zero-order valence-corrected chi connectivity index (χ0v) is 14.2. The number of aryl methyl sites for hydroxylation is 1. The molecule has 0 radical (unpaired) electrons. The van der Waals surface area contributed by atoms with Crippen molar-refractivity contribution in [2.24, 2.45) is 0 Å². The molecule has 0 aliphatic heterocycles. The lowest BCUT2D eigenvalue weighted by Gasteiger charge is -2.15. The number of amides is 2. The van der Waals surface area contributed by atoms with Crippen molar-refractivity contribution in [3.63, 3.8) is 0 Å². The predicted octanol–water partition coefficient (Wildman–Crippen LogP) is 2.07. The molecule has 0 fully saturated rings. The van der Waals surface area contributed by atoms with Crippen molar-refractivity contribution in [1.82, 2.24) is 10.6 Å². The zero-order valence-electron chi connectivity index (χ0n) is 14.2. The van der Waals surface area contributed by atoms with E-state index in [9.17, 15) is 19.5 Å². The minimum atomic E-state index is -0.272. The van der Waals surface area contributed by atoms with Gasteiger partial charge >= 0.3 is 0 Å². The molecule has 2 amide bonds. The van der Waals surface area contributed by atoms with Crippen LogP contribution in [0.15, 0.2) is 42.5 Å². The predicted molar refractivity (Wildman–Crippen MR) is 96.5 cm³/mol. The molecule has 26 heavy (non-hydrogen) atoms. The number of rotatable bonds is 5. The van der Waals surface area contributed by atoms with Gasteiger partial charge in [-0.05, 0) is 54.8 Å². The van der Waals surface area contributed by atoms with E-state index in [4.69, 9.17) is 0 Å². The number of hydrogen-bond acceptors (Lipinski definition) is 4. The fourth-order valence-corrected chi connectivity index (χ4v) is 2.96. The molecule has 2 aromatic carbocycles. The van der Waals surface area contributed by atoms with E-state index in [0.29, 0.717) is 29.7 Å². The summed E-state index contributed by atoms with van der Waals surface area (Å²) in [4.78, 5) is 36.0. The SMILES string of the molecule is O=C(NCCNC(=O)c1ccc2c(c1)CCCC2=O)c1ccc(O)cc1. The Balaban J connectivity index is 1.49. The molecule has 0 saturated carbocycles. The standard InChI is InChI=1S/C20H20N2O4/c23-16-7-4-13(5-8-16)19(25)21-10-11-22-20(26)15-6-9-17-14(12-15)2-1-3-18(17)24/h4-9,12,23H,1-3,10-11H2,(H,21,25)(H,22,26). The van der Waals surface area contributed by atoms with Crippen LogP contribution < -0.4 is 10.6 Å². The average Bonchev–Trinajstić information content (AvgIpc) is 2.65. The maximum absolute atomic E-state index is 12.2. The molecule has 0 spiro atoms. The summed E-state index contributed by atoms with van der Waals surface area (Å²) in [6.07, 6.45) is 2.20. The Hall–Kier alpha value is -3.15. The molecule has 0 unspecified atom stereocenters. The molecule has 0 aromatic heterocycles. The summed E-state index contributed by atoms with van der Waals surface area (Å²) < 4.78 is 0. The van der Waals surface area contributed by atoms with Crippen molar-refractivity contribution in [2.45, 2.75) is 19.3 Å². The second-order valence-corrected chi connectivity index (χ2v) is 6.21. The molecule has 0 heterocycles. The van der Waals surface area contributed by atoms with Gasteiger partial charge in [0.2, 0.25) is 0 Å². The van der Waals surface area contributed by atoms with E-state index in [2.05, 4.69) is 10.6 Å². The van der Waals surface area contributed by atoms with Gasteiger partial charge in [-0.2, -0.15) is 0 Å². The highest BCUT2D eigenvalue weighted by molar-refractivity contribution is 6.01. The van der Waals surface area contributed by atoms with Gasteiger partial charge in [0, 0.05) is 36.2 Å². The van der Waals surface area contributed by atoms with Crippen LogP contribution in [-0.4, -0.2) is 35.8 Å². The zero-order chi connectivity index (χ0) is 18.5. The first-order chi connectivity index (χ1) is 12.5. The Morgan fingerprint density at radius 1 is 0.885 bits per heavy atom. The Labute approximate surface area is 151 Å². The Kier molecular flexibility index (Phi) is 5.31. The van der Waals surface area contributed by atoms with Gasteiger partial charge in [-0.3, -0.25) is 14.4 Å². The number of carbonyl (C=O) groups is 3. The van der Waals surface area contributed by atoms with Gasteiger partial charge in [-0.1, -0.05) is 6.07 Å². The molecule has 1 aliphatic carbocycles. The monoisotopic (exact) mass is 352 g/mol.